The predicted octanol–water partition coefficient (Wildman–Crippen LogP) is 4.96. The lowest BCUT2D eigenvalue weighted by Crippen LogP contribution is -2.22. The molecule has 2 heterocycles. The van der Waals surface area contributed by atoms with Gasteiger partial charge in [0.1, 0.15) is 0 Å². The Hall–Kier alpha value is -1.53. The highest BCUT2D eigenvalue weighted by Gasteiger charge is 2.19. The van der Waals surface area contributed by atoms with E-state index < -0.39 is 0 Å². The van der Waals surface area contributed by atoms with Crippen LogP contribution in [0.2, 0.25) is 10.0 Å². The average Bonchev–Trinajstić information content (AvgIpc) is 3.13. The Labute approximate surface area is 165 Å². The molecule has 0 unspecified atom stereocenters. The fourth-order valence-corrected chi connectivity index (χ4v) is 4.45. The van der Waals surface area contributed by atoms with E-state index in [0.717, 1.165) is 25.2 Å². The lowest BCUT2D eigenvalue weighted by molar-refractivity contribution is 0.129. The summed E-state index contributed by atoms with van der Waals surface area (Å²) < 4.78 is 7.31. The van der Waals surface area contributed by atoms with E-state index in [2.05, 4.69) is 0 Å². The molecule has 0 saturated carbocycles. The van der Waals surface area contributed by atoms with Crippen LogP contribution >= 0.6 is 35.0 Å². The highest BCUT2D eigenvalue weighted by Crippen LogP contribution is 2.27. The smallest absolute Gasteiger partial charge is 0.266 e. The van der Waals surface area contributed by atoms with E-state index in [1.54, 1.807) is 34.9 Å². The van der Waals surface area contributed by atoms with Gasteiger partial charge >= 0.3 is 0 Å². The molecule has 0 aliphatic carbocycles. The largest absolute Gasteiger partial charge is 0.377 e. The molecule has 1 aliphatic heterocycles. The number of fused-ring (bicyclic) bond motifs is 1. The molecule has 2 aromatic carbocycles. The van der Waals surface area contributed by atoms with E-state index >= 15 is 0 Å². The highest BCUT2D eigenvalue weighted by atomic mass is 35.5. The van der Waals surface area contributed by atoms with E-state index in [4.69, 9.17) is 32.9 Å². The first-order valence-electron chi connectivity index (χ1n) is 8.34. The van der Waals surface area contributed by atoms with E-state index in [-0.39, 0.29) is 11.7 Å². The van der Waals surface area contributed by atoms with Crippen molar-refractivity contribution >= 4 is 45.9 Å². The Balaban J connectivity index is 1.85. The fourth-order valence-electron chi connectivity index (χ4n) is 3.02. The van der Waals surface area contributed by atoms with Crippen LogP contribution in [0.1, 0.15) is 12.8 Å². The Kier molecular flexibility index (Phi) is 5.23. The summed E-state index contributed by atoms with van der Waals surface area (Å²) in [6.07, 6.45) is 2.31. The summed E-state index contributed by atoms with van der Waals surface area (Å²) >= 11 is 13.7. The van der Waals surface area contributed by atoms with E-state index in [0.29, 0.717) is 31.8 Å². The number of rotatable bonds is 4. The Morgan fingerprint density at radius 1 is 1.19 bits per heavy atom. The summed E-state index contributed by atoms with van der Waals surface area (Å²) in [6, 6.07) is 12.4. The first-order valence-corrected chi connectivity index (χ1v) is 10.1. The number of thioether (sulfide) groups is 1. The van der Waals surface area contributed by atoms with Crippen molar-refractivity contribution in [3.8, 4) is 5.69 Å². The number of ether oxygens (including phenoxy) is 1. The number of aromatic nitrogens is 2. The number of hydrogen-bond donors (Lipinski definition) is 0. The number of benzene rings is 2. The van der Waals surface area contributed by atoms with Crippen LogP contribution in [0.3, 0.4) is 0 Å². The zero-order valence-electron chi connectivity index (χ0n) is 13.8. The summed E-state index contributed by atoms with van der Waals surface area (Å²) in [4.78, 5) is 17.9. The zero-order valence-corrected chi connectivity index (χ0v) is 16.2. The van der Waals surface area contributed by atoms with Crippen molar-refractivity contribution in [2.75, 3.05) is 12.4 Å². The number of nitrogens with zero attached hydrogens (tertiary/aromatic N) is 2. The van der Waals surface area contributed by atoms with Crippen LogP contribution in [-0.2, 0) is 4.74 Å². The van der Waals surface area contributed by atoms with Gasteiger partial charge < -0.3 is 4.74 Å². The van der Waals surface area contributed by atoms with Crippen LogP contribution < -0.4 is 5.56 Å². The summed E-state index contributed by atoms with van der Waals surface area (Å²) in [5, 5.41) is 2.26. The predicted molar refractivity (Wildman–Crippen MR) is 107 cm³/mol. The number of hydrogen-bond acceptors (Lipinski definition) is 4. The molecule has 7 heteroatoms. The molecule has 1 saturated heterocycles. The Bertz CT molecular complexity index is 1020. The minimum absolute atomic E-state index is 0.135. The van der Waals surface area contributed by atoms with E-state index in [1.165, 1.54) is 11.8 Å². The van der Waals surface area contributed by atoms with Crippen molar-refractivity contribution in [1.82, 2.24) is 9.55 Å². The minimum Gasteiger partial charge on any atom is -0.377 e. The third-order valence-corrected chi connectivity index (χ3v) is 5.83. The van der Waals surface area contributed by atoms with Crippen LogP contribution in [0.15, 0.2) is 52.4 Å². The normalized spacial score (nSPS) is 17.1. The van der Waals surface area contributed by atoms with Gasteiger partial charge in [-0.2, -0.15) is 0 Å². The lowest BCUT2D eigenvalue weighted by Gasteiger charge is -2.15. The van der Waals surface area contributed by atoms with Crippen LogP contribution in [0.5, 0.6) is 0 Å². The van der Waals surface area contributed by atoms with Gasteiger partial charge in [0, 0.05) is 22.4 Å². The van der Waals surface area contributed by atoms with Gasteiger partial charge in [0.25, 0.3) is 5.56 Å². The summed E-state index contributed by atoms with van der Waals surface area (Å²) in [7, 11) is 0. The third-order valence-electron chi connectivity index (χ3n) is 4.29. The highest BCUT2D eigenvalue weighted by molar-refractivity contribution is 7.99. The summed E-state index contributed by atoms with van der Waals surface area (Å²) in [5.74, 6) is 0.749. The second-order valence-electron chi connectivity index (χ2n) is 6.12. The topological polar surface area (TPSA) is 44.1 Å². The molecule has 0 N–H and O–H groups in total. The molecule has 0 spiro atoms. The van der Waals surface area contributed by atoms with Crippen molar-refractivity contribution in [1.29, 1.82) is 0 Å². The molecule has 134 valence electrons. The first kappa shape index (κ1) is 17.9. The molecule has 1 aliphatic rings. The zero-order chi connectivity index (χ0) is 18.1. The molecule has 4 nitrogen and oxygen atoms in total. The molecular formula is C19H16Cl2N2O2S. The average molecular weight is 407 g/mol. The molecule has 0 amide bonds. The molecule has 26 heavy (non-hydrogen) atoms. The SMILES string of the molecule is O=c1c2ccc(Cl)cc2nc(SC[C@@H]2CCCO2)n1-c1cccc(Cl)c1. The molecule has 3 aromatic rings. The van der Waals surface area contributed by atoms with Gasteiger partial charge in [-0.25, -0.2) is 4.98 Å². The number of halogens is 2. The maximum absolute atomic E-state index is 13.2. The standard InChI is InChI=1S/C19H16Cl2N2O2S/c20-12-3-1-4-14(9-12)23-18(24)16-7-6-13(21)10-17(16)22-19(23)26-11-15-5-2-8-25-15/h1,3-4,6-7,9-10,15H,2,5,8,11H2/t15-/m0/s1. The van der Waals surface area contributed by atoms with Gasteiger partial charge in [-0.05, 0) is 49.2 Å². The Morgan fingerprint density at radius 3 is 2.81 bits per heavy atom. The lowest BCUT2D eigenvalue weighted by atomic mass is 10.2. The van der Waals surface area contributed by atoms with E-state index in [1.807, 2.05) is 12.1 Å². The monoisotopic (exact) mass is 406 g/mol. The van der Waals surface area contributed by atoms with Crippen molar-refractivity contribution < 1.29 is 4.74 Å². The molecule has 1 fully saturated rings. The van der Waals surface area contributed by atoms with Crippen LogP contribution in [0, 0.1) is 0 Å². The van der Waals surface area contributed by atoms with Gasteiger partial charge in [-0.15, -0.1) is 0 Å². The van der Waals surface area contributed by atoms with Gasteiger partial charge in [-0.1, -0.05) is 41.0 Å². The molecule has 1 aromatic heterocycles. The van der Waals surface area contributed by atoms with Crippen LogP contribution in [0.4, 0.5) is 0 Å². The van der Waals surface area contributed by atoms with Crippen molar-refractivity contribution in [3.63, 3.8) is 0 Å². The third kappa shape index (κ3) is 3.62. The molecule has 4 rings (SSSR count). The summed E-state index contributed by atoms with van der Waals surface area (Å²) in [6.45, 7) is 0.799. The summed E-state index contributed by atoms with van der Waals surface area (Å²) in [5.41, 5.74) is 1.15. The second kappa shape index (κ2) is 7.61. The van der Waals surface area contributed by atoms with E-state index in [9.17, 15) is 4.79 Å². The molecular weight excluding hydrogens is 391 g/mol. The Morgan fingerprint density at radius 2 is 2.04 bits per heavy atom. The van der Waals surface area contributed by atoms with Crippen molar-refractivity contribution in [2.24, 2.45) is 0 Å². The minimum atomic E-state index is -0.135. The molecule has 0 radical (unpaired) electrons. The fraction of sp³-hybridized carbons (Fsp3) is 0.263. The van der Waals surface area contributed by atoms with Crippen molar-refractivity contribution in [2.45, 2.75) is 24.1 Å². The second-order valence-corrected chi connectivity index (χ2v) is 7.98. The van der Waals surface area contributed by atoms with Crippen LogP contribution in [-0.4, -0.2) is 28.0 Å². The maximum atomic E-state index is 13.2. The van der Waals surface area contributed by atoms with Gasteiger partial charge in [-0.3, -0.25) is 9.36 Å². The quantitative estimate of drug-likeness (QED) is 0.453. The van der Waals surface area contributed by atoms with Crippen LogP contribution in [0.25, 0.3) is 16.6 Å². The van der Waals surface area contributed by atoms with Crippen molar-refractivity contribution in [3.05, 3.63) is 62.9 Å². The molecule has 0 bridgehead atoms. The first-order chi connectivity index (χ1) is 12.6. The molecule has 1 atom stereocenters. The van der Waals surface area contributed by atoms with Gasteiger partial charge in [0.05, 0.1) is 22.7 Å². The van der Waals surface area contributed by atoms with Gasteiger partial charge in [0.2, 0.25) is 0 Å². The maximum Gasteiger partial charge on any atom is 0.266 e. The van der Waals surface area contributed by atoms with Gasteiger partial charge in [0.15, 0.2) is 5.16 Å².